The maximum Gasteiger partial charge on any atom is 0.166 e. The van der Waals surface area contributed by atoms with E-state index in [0.717, 1.165) is 6.42 Å². The zero-order valence-corrected chi connectivity index (χ0v) is 7.67. The molecule has 2 atom stereocenters. The summed E-state index contributed by atoms with van der Waals surface area (Å²) in [6.07, 6.45) is 1.31. The van der Waals surface area contributed by atoms with E-state index >= 15 is 0 Å². The van der Waals surface area contributed by atoms with Crippen LogP contribution >= 0.6 is 0 Å². The first-order valence-electron chi connectivity index (χ1n) is 4.46. The van der Waals surface area contributed by atoms with Crippen molar-refractivity contribution in [1.29, 1.82) is 0 Å². The van der Waals surface area contributed by atoms with Crippen molar-refractivity contribution in [2.24, 2.45) is 0 Å². The van der Waals surface area contributed by atoms with Crippen molar-refractivity contribution in [3.8, 4) is 0 Å². The third-order valence-corrected chi connectivity index (χ3v) is 2.53. The van der Waals surface area contributed by atoms with Gasteiger partial charge in [0.15, 0.2) is 5.78 Å². The molecule has 0 radical (unpaired) electrons. The number of hydrogen-bond donors (Lipinski definition) is 1. The molecule has 1 aliphatic heterocycles. The molecule has 0 bridgehead atoms. The summed E-state index contributed by atoms with van der Waals surface area (Å²) in [5.74, 6) is -0.00491. The number of aliphatic hydroxyl groups excluding tert-OH is 1. The minimum atomic E-state index is -0.937. The maximum atomic E-state index is 11.4. The predicted octanol–water partition coefficient (Wildman–Crippen LogP) is 0.895. The van der Waals surface area contributed by atoms with Crippen LogP contribution in [0.2, 0.25) is 0 Å². The number of Topliss-reactive ketones (excluding diaryl/α,β-unsaturated/α-hetero) is 1. The smallest absolute Gasteiger partial charge is 0.166 e. The summed E-state index contributed by atoms with van der Waals surface area (Å²) in [5.41, 5.74) is -0.937. The van der Waals surface area contributed by atoms with E-state index in [1.807, 2.05) is 0 Å². The van der Waals surface area contributed by atoms with E-state index in [0.29, 0.717) is 19.4 Å². The van der Waals surface area contributed by atoms with Crippen LogP contribution in [-0.2, 0) is 9.53 Å². The summed E-state index contributed by atoms with van der Waals surface area (Å²) >= 11 is 0. The minimum absolute atomic E-state index is 0.00491. The van der Waals surface area contributed by atoms with Crippen molar-refractivity contribution < 1.29 is 14.6 Å². The van der Waals surface area contributed by atoms with Gasteiger partial charge in [0.2, 0.25) is 0 Å². The molecule has 1 N–H and O–H groups in total. The molecule has 12 heavy (non-hydrogen) atoms. The summed E-state index contributed by atoms with van der Waals surface area (Å²) in [4.78, 5) is 11.4. The molecule has 1 saturated heterocycles. The number of aliphatic hydroxyl groups is 1. The van der Waals surface area contributed by atoms with E-state index in [1.165, 1.54) is 0 Å². The monoisotopic (exact) mass is 172 g/mol. The Bertz CT molecular complexity index is 179. The van der Waals surface area contributed by atoms with Crippen molar-refractivity contribution in [3.05, 3.63) is 0 Å². The van der Waals surface area contributed by atoms with Gasteiger partial charge in [0.1, 0.15) is 5.60 Å². The Morgan fingerprint density at radius 3 is 2.92 bits per heavy atom. The second-order valence-electron chi connectivity index (χ2n) is 3.39. The molecule has 0 aliphatic carbocycles. The second kappa shape index (κ2) is 3.54. The average Bonchev–Trinajstić information content (AvgIpc) is 2.09. The highest BCUT2D eigenvalue weighted by atomic mass is 16.5. The average molecular weight is 172 g/mol. The third kappa shape index (κ3) is 1.52. The zero-order chi connectivity index (χ0) is 9.19. The molecule has 1 rings (SSSR count). The van der Waals surface area contributed by atoms with Crippen LogP contribution in [0.25, 0.3) is 0 Å². The highest BCUT2D eigenvalue weighted by Gasteiger charge is 2.42. The van der Waals surface area contributed by atoms with Gasteiger partial charge in [0.05, 0.1) is 6.10 Å². The van der Waals surface area contributed by atoms with Crippen LogP contribution in [0.5, 0.6) is 0 Å². The number of hydrogen-bond acceptors (Lipinski definition) is 3. The molecule has 0 aromatic rings. The predicted molar refractivity (Wildman–Crippen MR) is 44.9 cm³/mol. The Hall–Kier alpha value is -0.410. The lowest BCUT2D eigenvalue weighted by Crippen LogP contribution is -2.51. The van der Waals surface area contributed by atoms with Crippen molar-refractivity contribution >= 4 is 5.78 Å². The quantitative estimate of drug-likeness (QED) is 0.673. The molecule has 0 aromatic carbocycles. The molecule has 1 heterocycles. The molecule has 0 aromatic heterocycles. The summed E-state index contributed by atoms with van der Waals surface area (Å²) in [5, 5.41) is 9.58. The van der Waals surface area contributed by atoms with Gasteiger partial charge in [0.25, 0.3) is 0 Å². The highest BCUT2D eigenvalue weighted by Crippen LogP contribution is 2.26. The Morgan fingerprint density at radius 2 is 2.42 bits per heavy atom. The fourth-order valence-electron chi connectivity index (χ4n) is 1.55. The van der Waals surface area contributed by atoms with Gasteiger partial charge in [-0.15, -0.1) is 0 Å². The molecule has 0 amide bonds. The number of carbonyl (C=O) groups excluding carboxylic acids is 1. The lowest BCUT2D eigenvalue weighted by molar-refractivity contribution is -0.170. The molecule has 3 heteroatoms. The first-order chi connectivity index (χ1) is 5.61. The van der Waals surface area contributed by atoms with E-state index in [-0.39, 0.29) is 5.78 Å². The van der Waals surface area contributed by atoms with E-state index in [2.05, 4.69) is 0 Å². The number of rotatable bonds is 2. The summed E-state index contributed by atoms with van der Waals surface area (Å²) in [6, 6.07) is 0. The van der Waals surface area contributed by atoms with Crippen LogP contribution in [0.1, 0.15) is 33.1 Å². The topological polar surface area (TPSA) is 46.5 Å². The molecular weight excluding hydrogens is 156 g/mol. The van der Waals surface area contributed by atoms with Crippen LogP contribution in [0.15, 0.2) is 0 Å². The standard InChI is InChI=1S/C9H16O3/c1-3-7(10)9(2)8(11)5-4-6-12-9/h8,11H,3-6H2,1-2H3. The van der Waals surface area contributed by atoms with Crippen molar-refractivity contribution in [2.45, 2.75) is 44.8 Å². The number of ether oxygens (including phenoxy) is 1. The lowest BCUT2D eigenvalue weighted by Gasteiger charge is -2.36. The van der Waals surface area contributed by atoms with Gasteiger partial charge in [-0.05, 0) is 19.8 Å². The Kier molecular flexibility index (Phi) is 2.85. The third-order valence-electron chi connectivity index (χ3n) is 2.53. The fourth-order valence-corrected chi connectivity index (χ4v) is 1.55. The van der Waals surface area contributed by atoms with Crippen LogP contribution in [0, 0.1) is 0 Å². The van der Waals surface area contributed by atoms with E-state index in [9.17, 15) is 9.90 Å². The van der Waals surface area contributed by atoms with Crippen LogP contribution in [0.4, 0.5) is 0 Å². The lowest BCUT2D eigenvalue weighted by atomic mass is 9.87. The molecule has 2 unspecified atom stereocenters. The molecule has 70 valence electrons. The summed E-state index contributed by atoms with van der Waals surface area (Å²) in [6.45, 7) is 4.06. The number of carbonyl (C=O) groups is 1. The van der Waals surface area contributed by atoms with Gasteiger partial charge in [-0.3, -0.25) is 4.79 Å². The largest absolute Gasteiger partial charge is 0.390 e. The normalized spacial score (nSPS) is 36.4. The van der Waals surface area contributed by atoms with E-state index in [4.69, 9.17) is 4.74 Å². The molecule has 1 aliphatic rings. The zero-order valence-electron chi connectivity index (χ0n) is 7.67. The molecule has 0 saturated carbocycles. The van der Waals surface area contributed by atoms with Gasteiger partial charge < -0.3 is 9.84 Å². The van der Waals surface area contributed by atoms with Crippen LogP contribution < -0.4 is 0 Å². The van der Waals surface area contributed by atoms with Crippen LogP contribution in [-0.4, -0.2) is 29.2 Å². The van der Waals surface area contributed by atoms with E-state index < -0.39 is 11.7 Å². The van der Waals surface area contributed by atoms with E-state index in [1.54, 1.807) is 13.8 Å². The highest BCUT2D eigenvalue weighted by molar-refractivity contribution is 5.87. The van der Waals surface area contributed by atoms with Crippen molar-refractivity contribution in [3.63, 3.8) is 0 Å². The molecule has 1 fully saturated rings. The molecular formula is C9H16O3. The Labute approximate surface area is 72.7 Å². The Morgan fingerprint density at radius 1 is 1.75 bits per heavy atom. The second-order valence-corrected chi connectivity index (χ2v) is 3.39. The fraction of sp³-hybridized carbons (Fsp3) is 0.889. The summed E-state index contributed by atoms with van der Waals surface area (Å²) < 4.78 is 5.33. The maximum absolute atomic E-state index is 11.4. The SMILES string of the molecule is CCC(=O)C1(C)OCCCC1O. The van der Waals surface area contributed by atoms with Gasteiger partial charge in [-0.25, -0.2) is 0 Å². The Balaban J connectivity index is 2.72. The van der Waals surface area contributed by atoms with Gasteiger partial charge in [0, 0.05) is 13.0 Å². The van der Waals surface area contributed by atoms with Gasteiger partial charge in [-0.1, -0.05) is 6.92 Å². The van der Waals surface area contributed by atoms with Crippen molar-refractivity contribution in [1.82, 2.24) is 0 Å². The minimum Gasteiger partial charge on any atom is -0.390 e. The van der Waals surface area contributed by atoms with Gasteiger partial charge in [-0.2, -0.15) is 0 Å². The van der Waals surface area contributed by atoms with Gasteiger partial charge >= 0.3 is 0 Å². The first-order valence-corrected chi connectivity index (χ1v) is 4.46. The molecule has 0 spiro atoms. The first kappa shape index (κ1) is 9.68. The van der Waals surface area contributed by atoms with Crippen LogP contribution in [0.3, 0.4) is 0 Å². The summed E-state index contributed by atoms with van der Waals surface area (Å²) in [7, 11) is 0. The molecule has 3 nitrogen and oxygen atoms in total. The number of ketones is 1. The van der Waals surface area contributed by atoms with Crippen molar-refractivity contribution in [2.75, 3.05) is 6.61 Å².